The molecule has 5 nitrogen and oxygen atoms in total. The summed E-state index contributed by atoms with van der Waals surface area (Å²) in [6.45, 7) is -0.208. The van der Waals surface area contributed by atoms with Gasteiger partial charge in [-0.1, -0.05) is 121 Å². The fourth-order valence-electron chi connectivity index (χ4n) is 8.29. The van der Waals surface area contributed by atoms with Crippen LogP contribution in [0.4, 0.5) is 0 Å². The van der Waals surface area contributed by atoms with Gasteiger partial charge in [0.05, 0.1) is 10.6 Å². The monoisotopic (exact) mass is 884 g/mol. The molecule has 3 aliphatic rings. The van der Waals surface area contributed by atoms with E-state index in [2.05, 4.69) is 63.2 Å². The van der Waals surface area contributed by atoms with Crippen LogP contribution in [0.25, 0.3) is 33.4 Å². The van der Waals surface area contributed by atoms with E-state index in [0.29, 0.717) is 28.8 Å². The molecule has 0 saturated carbocycles. The number of hydrogen-bond donors (Lipinski definition) is 0. The van der Waals surface area contributed by atoms with Crippen LogP contribution in [0.2, 0.25) is 0 Å². The molecule has 3 heterocycles. The maximum absolute atomic E-state index is 15.1. The van der Waals surface area contributed by atoms with Gasteiger partial charge in [0.1, 0.15) is 17.2 Å². The standard InChI is InChI=1S/C48H39O5P3S3/c1-31-40(28-57-54-46-25-13-7-19-37(46)34-16-4-10-22-43(34)51-54)32(2)42(30-59-56(50)48-27-15-9-21-39(48)36-18-6-12-24-45(36)53-56)33(3)41(31)29-58-55(49)47-26-14-8-20-38(47)35-17-5-11-23-44(35)52-55/h4-27H,28-30H2,1-3H3. The van der Waals surface area contributed by atoms with Crippen molar-refractivity contribution < 1.29 is 22.7 Å². The predicted molar refractivity (Wildman–Crippen MR) is 253 cm³/mol. The van der Waals surface area contributed by atoms with Crippen LogP contribution in [0.1, 0.15) is 33.4 Å². The lowest BCUT2D eigenvalue weighted by Gasteiger charge is -2.30. The first-order valence-corrected chi connectivity index (χ1v) is 28.7. The van der Waals surface area contributed by atoms with E-state index in [1.54, 1.807) is 0 Å². The fraction of sp³-hybridized carbons (Fsp3) is 0.125. The molecule has 0 radical (unpaired) electrons. The van der Waals surface area contributed by atoms with Crippen molar-refractivity contribution >= 4 is 70.6 Å². The van der Waals surface area contributed by atoms with Gasteiger partial charge < -0.3 is 13.6 Å². The zero-order valence-electron chi connectivity index (χ0n) is 32.6. The number of hydrogen-bond acceptors (Lipinski definition) is 8. The van der Waals surface area contributed by atoms with Crippen LogP contribution in [0.15, 0.2) is 146 Å². The maximum Gasteiger partial charge on any atom is 0.334 e. The lowest BCUT2D eigenvalue weighted by molar-refractivity contribution is 0.507. The molecule has 0 bridgehead atoms. The Morgan fingerprint density at radius 3 is 1.32 bits per heavy atom. The van der Waals surface area contributed by atoms with E-state index in [1.807, 2.05) is 115 Å². The van der Waals surface area contributed by atoms with Gasteiger partial charge in [-0.05, 0) is 119 Å². The van der Waals surface area contributed by atoms with Crippen LogP contribution < -0.4 is 29.5 Å². The molecule has 3 atom stereocenters. The zero-order valence-corrected chi connectivity index (χ0v) is 37.7. The summed E-state index contributed by atoms with van der Waals surface area (Å²) in [5.41, 5.74) is 13.1. The normalized spacial score (nSPS) is 19.3. The van der Waals surface area contributed by atoms with Crippen molar-refractivity contribution in [3.05, 3.63) is 179 Å². The Bertz CT molecular complexity index is 2770. The van der Waals surface area contributed by atoms with Crippen LogP contribution in [-0.4, -0.2) is 0 Å². The molecule has 0 spiro atoms. The highest BCUT2D eigenvalue weighted by Gasteiger charge is 2.39. The summed E-state index contributed by atoms with van der Waals surface area (Å²) >= 11 is 4.61. The van der Waals surface area contributed by atoms with Crippen molar-refractivity contribution in [2.24, 2.45) is 0 Å². The molecule has 7 aromatic rings. The average Bonchev–Trinajstić information content (AvgIpc) is 3.26. The third kappa shape index (κ3) is 6.91. The summed E-state index contributed by atoms with van der Waals surface area (Å²) in [5.74, 6) is 3.87. The molecule has 0 aromatic heterocycles. The Balaban J connectivity index is 1.02. The third-order valence-corrected chi connectivity index (χ3v) is 23.9. The van der Waals surface area contributed by atoms with Gasteiger partial charge in [0.2, 0.25) is 0 Å². The Hall–Kier alpha value is -4.12. The van der Waals surface area contributed by atoms with Crippen LogP contribution in [0.5, 0.6) is 17.2 Å². The Labute approximate surface area is 358 Å². The molecule has 59 heavy (non-hydrogen) atoms. The quantitative estimate of drug-likeness (QED) is 0.133. The van der Waals surface area contributed by atoms with Gasteiger partial charge in [-0.25, -0.2) is 0 Å². The molecule has 3 unspecified atom stereocenters. The van der Waals surface area contributed by atoms with E-state index in [-0.39, 0.29) is 0 Å². The van der Waals surface area contributed by atoms with Crippen molar-refractivity contribution in [2.45, 2.75) is 38.0 Å². The fourth-order valence-corrected chi connectivity index (χ4v) is 21.0. The van der Waals surface area contributed by atoms with Gasteiger partial charge in [0.25, 0.3) is 0 Å². The summed E-state index contributed by atoms with van der Waals surface area (Å²) in [7, 11) is -1.03. The van der Waals surface area contributed by atoms with Gasteiger partial charge in [-0.3, -0.25) is 9.13 Å². The average molecular weight is 885 g/mol. The molecule has 0 saturated heterocycles. The Kier molecular flexibility index (Phi) is 10.4. The van der Waals surface area contributed by atoms with E-state index in [0.717, 1.165) is 60.9 Å². The summed E-state index contributed by atoms with van der Waals surface area (Å²) < 4.78 is 49.8. The first-order chi connectivity index (χ1) is 28.7. The number of fused-ring (bicyclic) bond motifs is 9. The minimum absolute atomic E-state index is 0.479. The van der Waals surface area contributed by atoms with E-state index in [1.165, 1.54) is 50.3 Å². The minimum Gasteiger partial charge on any atom is -0.457 e. The minimum atomic E-state index is -3.38. The second-order valence-electron chi connectivity index (χ2n) is 14.7. The lowest BCUT2D eigenvalue weighted by atomic mass is 9.90. The van der Waals surface area contributed by atoms with Gasteiger partial charge in [-0.15, -0.1) is 0 Å². The maximum atomic E-state index is 15.1. The van der Waals surface area contributed by atoms with Crippen LogP contribution in [-0.2, 0) is 26.4 Å². The summed E-state index contributed by atoms with van der Waals surface area (Å²) in [6.07, 6.45) is 0. The number of benzene rings is 7. The van der Waals surface area contributed by atoms with E-state index in [4.69, 9.17) is 13.6 Å². The smallest absolute Gasteiger partial charge is 0.334 e. The van der Waals surface area contributed by atoms with Gasteiger partial charge >= 0.3 is 13.1 Å². The molecule has 0 aliphatic carbocycles. The highest BCUT2D eigenvalue weighted by atomic mass is 32.7. The summed E-state index contributed by atoms with van der Waals surface area (Å²) in [4.78, 5) is 0. The van der Waals surface area contributed by atoms with Crippen molar-refractivity contribution in [3.8, 4) is 50.6 Å². The molecule has 0 amide bonds. The Morgan fingerprint density at radius 1 is 0.441 bits per heavy atom. The Morgan fingerprint density at radius 2 is 0.814 bits per heavy atom. The first-order valence-electron chi connectivity index (χ1n) is 19.4. The molecule has 7 aromatic carbocycles. The SMILES string of the molecule is Cc1c(CSP2Oc3ccccc3-c3ccccc32)c(C)c(CSP2(=O)Oc3ccccc3-c3ccccc32)c(C)c1CSP1(=O)Oc2ccccc2-c2ccccc21. The third-order valence-electron chi connectivity index (χ3n) is 11.4. The van der Waals surface area contributed by atoms with Gasteiger partial charge in [0.15, 0.2) is 7.35 Å². The molecule has 0 N–H and O–H groups in total. The van der Waals surface area contributed by atoms with Crippen LogP contribution in [0.3, 0.4) is 0 Å². The largest absolute Gasteiger partial charge is 0.457 e. The highest BCUT2D eigenvalue weighted by Crippen LogP contribution is 2.66. The van der Waals surface area contributed by atoms with Gasteiger partial charge in [-0.2, -0.15) is 0 Å². The van der Waals surface area contributed by atoms with E-state index in [9.17, 15) is 0 Å². The van der Waals surface area contributed by atoms with Crippen molar-refractivity contribution in [3.63, 3.8) is 0 Å². The molecular formula is C48H39O5P3S3. The molecule has 0 fully saturated rings. The lowest BCUT2D eigenvalue weighted by Crippen LogP contribution is -2.16. The topological polar surface area (TPSA) is 61.8 Å². The second-order valence-corrected chi connectivity index (χ2v) is 27.0. The van der Waals surface area contributed by atoms with Crippen molar-refractivity contribution in [1.82, 2.24) is 0 Å². The van der Waals surface area contributed by atoms with E-state index >= 15 is 9.13 Å². The highest BCUT2D eigenvalue weighted by molar-refractivity contribution is 8.59. The summed E-state index contributed by atoms with van der Waals surface area (Å²) in [6, 6.07) is 48.4. The first kappa shape index (κ1) is 39.0. The predicted octanol–water partition coefficient (Wildman–Crippen LogP) is 14.2. The molecule has 10 rings (SSSR count). The molecular weight excluding hydrogens is 846 g/mol. The summed E-state index contributed by atoms with van der Waals surface area (Å²) in [5, 5.41) is 2.69. The van der Waals surface area contributed by atoms with Crippen molar-refractivity contribution in [2.75, 3.05) is 0 Å². The van der Waals surface area contributed by atoms with Crippen LogP contribution >= 0.6 is 54.6 Å². The number of para-hydroxylation sites is 3. The molecule has 11 heteroatoms. The molecule has 3 aliphatic heterocycles. The van der Waals surface area contributed by atoms with E-state index < -0.39 is 20.5 Å². The zero-order chi connectivity index (χ0) is 40.3. The van der Waals surface area contributed by atoms with Crippen molar-refractivity contribution in [1.29, 1.82) is 0 Å². The number of rotatable bonds is 9. The second kappa shape index (κ2) is 15.7. The molecule has 294 valence electrons. The van der Waals surface area contributed by atoms with Crippen LogP contribution in [0, 0.1) is 20.8 Å². The van der Waals surface area contributed by atoms with Gasteiger partial charge in [0, 0.05) is 50.4 Å².